The molecule has 0 radical (unpaired) electrons. The molecule has 0 aromatic carbocycles. The molecule has 2 aliphatic rings. The Morgan fingerprint density at radius 3 is 1.80 bits per heavy atom. The number of alkyl halides is 1. The number of carboxylic acid groups (broad SMARTS) is 1. The number of ether oxygens (including phenoxy) is 4. The zero-order valence-electron chi connectivity index (χ0n) is 25.3. The summed E-state index contributed by atoms with van der Waals surface area (Å²) in [6.07, 6.45) is -1.53. The van der Waals surface area contributed by atoms with Gasteiger partial charge in [0.05, 0.1) is 19.3 Å². The molecule has 2 fully saturated rings. The average Bonchev–Trinajstić information content (AvgIpc) is 3.01. The molecular formula is C30H53FO13. The van der Waals surface area contributed by atoms with E-state index in [4.69, 9.17) is 24.1 Å². The van der Waals surface area contributed by atoms with Gasteiger partial charge in [0.15, 0.2) is 12.6 Å². The molecule has 0 aliphatic carbocycles. The van der Waals surface area contributed by atoms with E-state index >= 15 is 0 Å². The Morgan fingerprint density at radius 1 is 0.705 bits per heavy atom. The summed E-state index contributed by atoms with van der Waals surface area (Å²) in [5.41, 5.74) is 0. The van der Waals surface area contributed by atoms with Gasteiger partial charge in [0, 0.05) is 6.42 Å². The standard InChI is InChI=1S/C30H53FO13/c31-16-19(14-12-10-8-6-4-2-1-3-5-7-9-11-13-15-22(34)35)41-30-28(26(39)24(37)21(18-33)43-30)44-29-27(40)25(38)23(36)20(17-32)42-29/h1-2,19-21,23-30,32-33,36-40H,3-18H2,(H,34,35)/b2-1-/t19?,20-,21?,23?,24?,25?,26?,27?,28?,29?,30?/m1/s1. The van der Waals surface area contributed by atoms with Crippen LogP contribution in [0.4, 0.5) is 4.39 Å². The highest BCUT2D eigenvalue weighted by atomic mass is 19.1. The molecule has 0 spiro atoms. The largest absolute Gasteiger partial charge is 0.481 e. The molecule has 8 N–H and O–H groups in total. The molecule has 2 saturated heterocycles. The molecule has 258 valence electrons. The lowest BCUT2D eigenvalue weighted by molar-refractivity contribution is -0.372. The van der Waals surface area contributed by atoms with E-state index in [-0.39, 0.29) is 6.42 Å². The quantitative estimate of drug-likeness (QED) is 0.0604. The van der Waals surface area contributed by atoms with E-state index < -0.39 is 93.4 Å². The van der Waals surface area contributed by atoms with E-state index in [1.54, 1.807) is 0 Å². The Morgan fingerprint density at radius 2 is 1.23 bits per heavy atom. The van der Waals surface area contributed by atoms with Crippen LogP contribution in [0.25, 0.3) is 0 Å². The maximum Gasteiger partial charge on any atom is 0.303 e. The number of carbonyl (C=O) groups is 1. The summed E-state index contributed by atoms with van der Waals surface area (Å²) in [5, 5.41) is 79.1. The van der Waals surface area contributed by atoms with E-state index in [1.807, 2.05) is 0 Å². The minimum atomic E-state index is -1.79. The van der Waals surface area contributed by atoms with Gasteiger partial charge in [0.2, 0.25) is 0 Å². The third-order valence-corrected chi connectivity index (χ3v) is 8.04. The maximum atomic E-state index is 13.9. The molecule has 10 unspecified atom stereocenters. The minimum Gasteiger partial charge on any atom is -0.481 e. The van der Waals surface area contributed by atoms with Crippen molar-refractivity contribution in [3.8, 4) is 0 Å². The maximum absolute atomic E-state index is 13.9. The van der Waals surface area contributed by atoms with Crippen molar-refractivity contribution in [3.05, 3.63) is 12.2 Å². The van der Waals surface area contributed by atoms with Crippen molar-refractivity contribution < 1.29 is 69.0 Å². The normalized spacial score (nSPS) is 33.5. The van der Waals surface area contributed by atoms with Crippen molar-refractivity contribution in [1.82, 2.24) is 0 Å². The fraction of sp³-hybridized carbons (Fsp3) is 0.900. The Labute approximate surface area is 258 Å². The molecular weight excluding hydrogens is 587 g/mol. The van der Waals surface area contributed by atoms with Gasteiger partial charge < -0.3 is 59.8 Å². The molecule has 0 saturated carbocycles. The van der Waals surface area contributed by atoms with Gasteiger partial charge in [0.1, 0.15) is 55.5 Å². The fourth-order valence-corrected chi connectivity index (χ4v) is 5.31. The van der Waals surface area contributed by atoms with Gasteiger partial charge in [-0.2, -0.15) is 0 Å². The molecule has 14 heteroatoms. The van der Waals surface area contributed by atoms with Gasteiger partial charge in [-0.15, -0.1) is 0 Å². The van der Waals surface area contributed by atoms with Gasteiger partial charge in [0.25, 0.3) is 0 Å². The van der Waals surface area contributed by atoms with E-state index in [2.05, 4.69) is 12.2 Å². The van der Waals surface area contributed by atoms with E-state index in [1.165, 1.54) is 0 Å². The second-order valence-electron chi connectivity index (χ2n) is 11.6. The minimum absolute atomic E-state index is 0.237. The number of rotatable bonds is 22. The Balaban J connectivity index is 1.75. The van der Waals surface area contributed by atoms with Crippen LogP contribution in [0.1, 0.15) is 83.5 Å². The van der Waals surface area contributed by atoms with Gasteiger partial charge in [-0.3, -0.25) is 4.79 Å². The zero-order chi connectivity index (χ0) is 32.5. The number of hydrogen-bond acceptors (Lipinski definition) is 12. The van der Waals surface area contributed by atoms with Crippen molar-refractivity contribution in [2.75, 3.05) is 19.9 Å². The highest BCUT2D eigenvalue weighted by Gasteiger charge is 2.51. The number of allylic oxidation sites excluding steroid dienone is 2. The third-order valence-electron chi connectivity index (χ3n) is 8.04. The topological polar surface area (TPSA) is 216 Å². The summed E-state index contributed by atoms with van der Waals surface area (Å²) in [7, 11) is 0. The van der Waals surface area contributed by atoms with Crippen molar-refractivity contribution >= 4 is 5.97 Å². The first-order valence-corrected chi connectivity index (χ1v) is 15.8. The second kappa shape index (κ2) is 21.5. The summed E-state index contributed by atoms with van der Waals surface area (Å²) < 4.78 is 36.2. The molecule has 0 bridgehead atoms. The van der Waals surface area contributed by atoms with E-state index in [9.17, 15) is 44.9 Å². The summed E-state index contributed by atoms with van der Waals surface area (Å²) in [4.78, 5) is 10.5. The predicted octanol–water partition coefficient (Wildman–Crippen LogP) is 0.677. The van der Waals surface area contributed by atoms with E-state index in [0.717, 1.165) is 64.2 Å². The third kappa shape index (κ3) is 12.8. The van der Waals surface area contributed by atoms with Crippen molar-refractivity contribution in [1.29, 1.82) is 0 Å². The molecule has 13 nitrogen and oxygen atoms in total. The van der Waals surface area contributed by atoms with Crippen molar-refractivity contribution in [2.24, 2.45) is 0 Å². The SMILES string of the molecule is O=C(O)CCCCCCC/C=C\CCCCCCC(CF)OC1OC(CO)C(O)C(O)C1OC1O[C@H](CO)C(O)C(O)C1O. The first-order valence-electron chi connectivity index (χ1n) is 15.8. The van der Waals surface area contributed by atoms with Crippen LogP contribution >= 0.6 is 0 Å². The molecule has 2 rings (SSSR count). The summed E-state index contributed by atoms with van der Waals surface area (Å²) in [5.74, 6) is -0.743. The van der Waals surface area contributed by atoms with Crippen LogP contribution in [0, 0.1) is 0 Å². The fourth-order valence-electron chi connectivity index (χ4n) is 5.31. The van der Waals surface area contributed by atoms with Crippen LogP contribution in [0.3, 0.4) is 0 Å². The Bertz CT molecular complexity index is 803. The highest BCUT2D eigenvalue weighted by Crippen LogP contribution is 2.30. The first kappa shape index (κ1) is 38.9. The lowest BCUT2D eigenvalue weighted by Gasteiger charge is -2.46. The molecule has 2 aliphatic heterocycles. The second-order valence-corrected chi connectivity index (χ2v) is 11.6. The van der Waals surface area contributed by atoms with Crippen LogP contribution in [0.15, 0.2) is 12.2 Å². The number of halogens is 1. The average molecular weight is 641 g/mol. The smallest absolute Gasteiger partial charge is 0.303 e. The summed E-state index contributed by atoms with van der Waals surface area (Å²) in [6, 6.07) is 0. The Kier molecular flexibility index (Phi) is 19.0. The predicted molar refractivity (Wildman–Crippen MR) is 154 cm³/mol. The van der Waals surface area contributed by atoms with Crippen molar-refractivity contribution in [3.63, 3.8) is 0 Å². The Hall–Kier alpha value is -1.30. The van der Waals surface area contributed by atoms with Crippen molar-refractivity contribution in [2.45, 2.75) is 151 Å². The number of aliphatic hydroxyl groups excluding tert-OH is 7. The molecule has 11 atom stereocenters. The first-order chi connectivity index (χ1) is 21.1. The van der Waals surface area contributed by atoms with Crippen LogP contribution in [-0.4, -0.2) is 134 Å². The summed E-state index contributed by atoms with van der Waals surface area (Å²) in [6.45, 7) is -2.26. The van der Waals surface area contributed by atoms with Gasteiger partial charge in [-0.25, -0.2) is 4.39 Å². The number of carboxylic acids is 1. The molecule has 2 heterocycles. The van der Waals surface area contributed by atoms with Crippen LogP contribution in [0.2, 0.25) is 0 Å². The zero-order valence-corrected chi connectivity index (χ0v) is 25.3. The lowest BCUT2D eigenvalue weighted by atomic mass is 9.97. The number of hydrogen-bond donors (Lipinski definition) is 8. The lowest BCUT2D eigenvalue weighted by Crippen LogP contribution is -2.65. The molecule has 44 heavy (non-hydrogen) atoms. The van der Waals surface area contributed by atoms with Crippen LogP contribution in [0.5, 0.6) is 0 Å². The monoisotopic (exact) mass is 640 g/mol. The van der Waals surface area contributed by atoms with Gasteiger partial charge in [-0.1, -0.05) is 50.7 Å². The van der Waals surface area contributed by atoms with E-state index in [0.29, 0.717) is 12.8 Å². The molecule has 0 aromatic heterocycles. The molecule has 0 amide bonds. The molecule has 0 aromatic rings. The number of unbranched alkanes of at least 4 members (excludes halogenated alkanes) is 9. The van der Waals surface area contributed by atoms with Crippen LogP contribution < -0.4 is 0 Å². The summed E-state index contributed by atoms with van der Waals surface area (Å²) >= 11 is 0. The van der Waals surface area contributed by atoms with Gasteiger partial charge >= 0.3 is 5.97 Å². The van der Waals surface area contributed by atoms with Crippen LogP contribution in [-0.2, 0) is 23.7 Å². The highest BCUT2D eigenvalue weighted by molar-refractivity contribution is 5.66. The number of aliphatic hydroxyl groups is 7. The number of aliphatic carboxylic acids is 1. The van der Waals surface area contributed by atoms with Gasteiger partial charge in [-0.05, 0) is 38.5 Å².